The Morgan fingerprint density at radius 2 is 2.37 bits per heavy atom. The lowest BCUT2D eigenvalue weighted by Gasteiger charge is -2.34. The quantitative estimate of drug-likeness (QED) is 0.899. The smallest absolute Gasteiger partial charge is 0.264 e. The third-order valence-corrected chi connectivity index (χ3v) is 4.70. The predicted molar refractivity (Wildman–Crippen MR) is 80.9 cm³/mol. The van der Waals surface area contributed by atoms with Gasteiger partial charge in [-0.25, -0.2) is 0 Å². The van der Waals surface area contributed by atoms with Crippen LogP contribution in [0.3, 0.4) is 0 Å². The monoisotopic (exact) mass is 280 g/mol. The van der Waals surface area contributed by atoms with E-state index in [9.17, 15) is 4.79 Å². The normalized spacial score (nSPS) is 19.4. The van der Waals surface area contributed by atoms with Gasteiger partial charge in [-0.3, -0.25) is 4.79 Å². The number of hydrogen-bond acceptors (Lipinski definition) is 3. The maximum Gasteiger partial charge on any atom is 0.264 e. The van der Waals surface area contributed by atoms with Crippen molar-refractivity contribution in [3.8, 4) is 0 Å². The van der Waals surface area contributed by atoms with Crippen LogP contribution in [0.5, 0.6) is 0 Å². The van der Waals surface area contributed by atoms with E-state index >= 15 is 0 Å². The summed E-state index contributed by atoms with van der Waals surface area (Å²) in [6.45, 7) is 7.16. The van der Waals surface area contributed by atoms with Crippen LogP contribution in [0.25, 0.3) is 0 Å². The van der Waals surface area contributed by atoms with Crippen LogP contribution >= 0.6 is 11.3 Å². The molecule has 19 heavy (non-hydrogen) atoms. The van der Waals surface area contributed by atoms with E-state index < -0.39 is 0 Å². The highest BCUT2D eigenvalue weighted by Gasteiger charge is 2.27. The van der Waals surface area contributed by atoms with Crippen molar-refractivity contribution in [2.45, 2.75) is 45.6 Å². The molecular weight excluding hydrogens is 256 g/mol. The Morgan fingerprint density at radius 3 is 3.00 bits per heavy atom. The van der Waals surface area contributed by atoms with Crippen LogP contribution in [-0.2, 0) is 6.42 Å². The summed E-state index contributed by atoms with van der Waals surface area (Å²) in [5.41, 5.74) is 1.19. The molecule has 1 fully saturated rings. The highest BCUT2D eigenvalue weighted by atomic mass is 32.1. The van der Waals surface area contributed by atoms with Crippen LogP contribution in [0, 0.1) is 0 Å². The number of hydrogen-bond donors (Lipinski definition) is 1. The number of piperidine rings is 1. The summed E-state index contributed by atoms with van der Waals surface area (Å²) in [6, 6.07) is 2.45. The van der Waals surface area contributed by atoms with Crippen LogP contribution in [-0.4, -0.2) is 36.5 Å². The second-order valence-electron chi connectivity index (χ2n) is 5.13. The van der Waals surface area contributed by atoms with Gasteiger partial charge in [0.1, 0.15) is 0 Å². The maximum atomic E-state index is 12.8. The SMILES string of the molecule is CCCN(C(=O)c1sccc1CC)C1CCCNC1. The van der Waals surface area contributed by atoms with Crippen molar-refractivity contribution in [2.24, 2.45) is 0 Å². The number of carbonyl (C=O) groups is 1. The lowest BCUT2D eigenvalue weighted by atomic mass is 10.0. The van der Waals surface area contributed by atoms with E-state index in [1.165, 1.54) is 12.0 Å². The first-order valence-corrected chi connectivity index (χ1v) is 8.24. The van der Waals surface area contributed by atoms with E-state index in [-0.39, 0.29) is 5.91 Å². The molecule has 1 saturated heterocycles. The maximum absolute atomic E-state index is 12.8. The van der Waals surface area contributed by atoms with Gasteiger partial charge in [-0.05, 0) is 49.2 Å². The van der Waals surface area contributed by atoms with Crippen LogP contribution in [0.1, 0.15) is 48.3 Å². The molecule has 1 aliphatic rings. The zero-order valence-corrected chi connectivity index (χ0v) is 12.8. The largest absolute Gasteiger partial charge is 0.334 e. The number of aryl methyl sites for hydroxylation is 1. The molecule has 0 saturated carbocycles. The molecule has 3 nitrogen and oxygen atoms in total. The van der Waals surface area contributed by atoms with Gasteiger partial charge >= 0.3 is 0 Å². The van der Waals surface area contributed by atoms with Gasteiger partial charge in [-0.1, -0.05) is 13.8 Å². The number of carbonyl (C=O) groups excluding carboxylic acids is 1. The standard InChI is InChI=1S/C15H24N2OS/c1-3-9-17(13-6-5-8-16-11-13)15(18)14-12(4-2)7-10-19-14/h7,10,13,16H,3-6,8-9,11H2,1-2H3. The molecule has 0 aromatic carbocycles. The zero-order chi connectivity index (χ0) is 13.7. The second kappa shape index (κ2) is 7.06. The minimum atomic E-state index is 0.238. The molecule has 106 valence electrons. The van der Waals surface area contributed by atoms with Crippen molar-refractivity contribution < 1.29 is 4.79 Å². The molecule has 0 spiro atoms. The highest BCUT2D eigenvalue weighted by molar-refractivity contribution is 7.12. The number of thiophene rings is 1. The van der Waals surface area contributed by atoms with Gasteiger partial charge in [-0.2, -0.15) is 0 Å². The van der Waals surface area contributed by atoms with Gasteiger partial charge in [0.15, 0.2) is 0 Å². The Balaban J connectivity index is 2.15. The highest BCUT2D eigenvalue weighted by Crippen LogP contribution is 2.22. The fraction of sp³-hybridized carbons (Fsp3) is 0.667. The number of amides is 1. The Bertz CT molecular complexity index is 410. The average Bonchev–Trinajstić information content (AvgIpc) is 2.93. The fourth-order valence-electron chi connectivity index (χ4n) is 2.72. The summed E-state index contributed by atoms with van der Waals surface area (Å²) < 4.78 is 0. The third-order valence-electron chi connectivity index (χ3n) is 3.76. The first-order valence-electron chi connectivity index (χ1n) is 7.36. The molecule has 0 aliphatic carbocycles. The van der Waals surface area contributed by atoms with E-state index in [1.807, 2.05) is 5.38 Å². The molecule has 1 N–H and O–H groups in total. The fourth-order valence-corrected chi connectivity index (χ4v) is 3.67. The van der Waals surface area contributed by atoms with E-state index in [0.29, 0.717) is 6.04 Å². The predicted octanol–water partition coefficient (Wildman–Crippen LogP) is 2.91. The van der Waals surface area contributed by atoms with Gasteiger partial charge in [0.05, 0.1) is 4.88 Å². The molecule has 1 amide bonds. The minimum Gasteiger partial charge on any atom is -0.334 e. The van der Waals surface area contributed by atoms with Crippen molar-refractivity contribution in [1.82, 2.24) is 10.2 Å². The molecule has 2 rings (SSSR count). The molecule has 2 heterocycles. The van der Waals surface area contributed by atoms with Crippen LogP contribution in [0.15, 0.2) is 11.4 Å². The second-order valence-corrected chi connectivity index (χ2v) is 6.04. The minimum absolute atomic E-state index is 0.238. The molecule has 1 unspecified atom stereocenters. The Hall–Kier alpha value is -0.870. The summed E-state index contributed by atoms with van der Waals surface area (Å²) in [5, 5.41) is 5.45. The number of nitrogens with zero attached hydrogens (tertiary/aromatic N) is 1. The van der Waals surface area contributed by atoms with Gasteiger partial charge in [0, 0.05) is 19.1 Å². The van der Waals surface area contributed by atoms with Crippen molar-refractivity contribution >= 4 is 17.2 Å². The molecule has 0 radical (unpaired) electrons. The summed E-state index contributed by atoms with van der Waals surface area (Å²) in [6.07, 6.45) is 4.26. The molecule has 4 heteroatoms. The summed E-state index contributed by atoms with van der Waals surface area (Å²) in [4.78, 5) is 15.8. The van der Waals surface area contributed by atoms with Crippen LogP contribution in [0.4, 0.5) is 0 Å². The molecule has 1 atom stereocenters. The molecular formula is C15H24N2OS. The van der Waals surface area contributed by atoms with Crippen molar-refractivity contribution in [1.29, 1.82) is 0 Å². The van der Waals surface area contributed by atoms with Crippen molar-refractivity contribution in [3.05, 3.63) is 21.9 Å². The first-order chi connectivity index (χ1) is 9.27. The lowest BCUT2D eigenvalue weighted by Crippen LogP contribution is -2.49. The Labute approximate surface area is 120 Å². The third kappa shape index (κ3) is 3.37. The number of rotatable bonds is 5. The topological polar surface area (TPSA) is 32.3 Å². The van der Waals surface area contributed by atoms with Gasteiger partial charge < -0.3 is 10.2 Å². The van der Waals surface area contributed by atoms with Crippen molar-refractivity contribution in [3.63, 3.8) is 0 Å². The number of nitrogens with one attached hydrogen (secondary N) is 1. The summed E-state index contributed by atoms with van der Waals surface area (Å²) >= 11 is 1.59. The van der Waals surface area contributed by atoms with Gasteiger partial charge in [0.25, 0.3) is 5.91 Å². The summed E-state index contributed by atoms with van der Waals surface area (Å²) in [5.74, 6) is 0.238. The Kier molecular flexibility index (Phi) is 5.40. The molecule has 1 aromatic heterocycles. The van der Waals surface area contributed by atoms with E-state index in [2.05, 4.69) is 30.1 Å². The molecule has 1 aliphatic heterocycles. The Morgan fingerprint density at radius 1 is 1.53 bits per heavy atom. The van der Waals surface area contributed by atoms with Crippen LogP contribution in [0.2, 0.25) is 0 Å². The van der Waals surface area contributed by atoms with E-state index in [4.69, 9.17) is 0 Å². The van der Waals surface area contributed by atoms with Gasteiger partial charge in [-0.15, -0.1) is 11.3 Å². The summed E-state index contributed by atoms with van der Waals surface area (Å²) in [7, 11) is 0. The van der Waals surface area contributed by atoms with E-state index in [1.54, 1.807) is 11.3 Å². The molecule has 1 aromatic rings. The van der Waals surface area contributed by atoms with E-state index in [0.717, 1.165) is 43.8 Å². The molecule has 0 bridgehead atoms. The zero-order valence-electron chi connectivity index (χ0n) is 11.9. The van der Waals surface area contributed by atoms with Crippen molar-refractivity contribution in [2.75, 3.05) is 19.6 Å². The lowest BCUT2D eigenvalue weighted by molar-refractivity contribution is 0.0653. The first kappa shape index (κ1) is 14.5. The average molecular weight is 280 g/mol. The van der Waals surface area contributed by atoms with Crippen LogP contribution < -0.4 is 5.32 Å². The van der Waals surface area contributed by atoms with Gasteiger partial charge in [0.2, 0.25) is 0 Å².